The van der Waals surface area contributed by atoms with Crippen molar-refractivity contribution in [3.05, 3.63) is 0 Å². The molecular formula is C14H23ClO2S. The van der Waals surface area contributed by atoms with Gasteiger partial charge in [0.05, 0.1) is 5.25 Å². The van der Waals surface area contributed by atoms with Crippen LogP contribution in [0.25, 0.3) is 0 Å². The molecule has 0 saturated heterocycles. The largest absolute Gasteiger partial charge is 0.235 e. The van der Waals surface area contributed by atoms with Crippen molar-refractivity contribution in [2.24, 2.45) is 29.6 Å². The van der Waals surface area contributed by atoms with Gasteiger partial charge in [-0.15, -0.1) is 0 Å². The smallest absolute Gasteiger partial charge is 0.212 e. The van der Waals surface area contributed by atoms with E-state index in [1.165, 1.54) is 32.1 Å². The Kier molecular flexibility index (Phi) is 3.43. The van der Waals surface area contributed by atoms with E-state index in [1.807, 2.05) is 0 Å². The van der Waals surface area contributed by atoms with Gasteiger partial charge in [-0.25, -0.2) is 8.42 Å². The first-order valence-corrected chi connectivity index (χ1v) is 9.74. The number of halogens is 1. The highest BCUT2D eigenvalue weighted by atomic mass is 35.7. The van der Waals surface area contributed by atoms with Gasteiger partial charge in [-0.05, 0) is 81.5 Å². The second-order valence-corrected chi connectivity index (χ2v) is 10.0. The van der Waals surface area contributed by atoms with Crippen molar-refractivity contribution in [2.75, 3.05) is 0 Å². The molecule has 0 spiro atoms. The highest BCUT2D eigenvalue weighted by Crippen LogP contribution is 2.57. The second-order valence-electron chi connectivity index (χ2n) is 6.96. The van der Waals surface area contributed by atoms with Gasteiger partial charge >= 0.3 is 0 Å². The molecule has 0 heterocycles. The Bertz CT molecular complexity index is 390. The lowest BCUT2D eigenvalue weighted by molar-refractivity contribution is -0.0402. The molecule has 0 radical (unpaired) electrons. The molecule has 18 heavy (non-hydrogen) atoms. The summed E-state index contributed by atoms with van der Waals surface area (Å²) in [6.45, 7) is 1.75. The van der Waals surface area contributed by atoms with Crippen LogP contribution in [0.2, 0.25) is 0 Å². The van der Waals surface area contributed by atoms with Gasteiger partial charge in [0.25, 0.3) is 0 Å². The van der Waals surface area contributed by atoms with E-state index in [0.29, 0.717) is 0 Å². The molecule has 0 amide bonds. The maximum absolute atomic E-state index is 11.3. The molecule has 4 bridgehead atoms. The van der Waals surface area contributed by atoms with Crippen molar-refractivity contribution >= 4 is 19.7 Å². The van der Waals surface area contributed by atoms with Crippen LogP contribution in [0.4, 0.5) is 0 Å². The molecule has 1 atom stereocenters. The molecule has 0 N–H and O–H groups in total. The minimum Gasteiger partial charge on any atom is -0.212 e. The minimum absolute atomic E-state index is 0.378. The minimum atomic E-state index is -3.36. The third-order valence-corrected chi connectivity index (χ3v) is 7.92. The molecule has 4 fully saturated rings. The van der Waals surface area contributed by atoms with Gasteiger partial charge in [-0.3, -0.25) is 0 Å². The Balaban J connectivity index is 1.61. The van der Waals surface area contributed by atoms with Gasteiger partial charge in [0.15, 0.2) is 0 Å². The number of hydrogen-bond donors (Lipinski definition) is 0. The highest BCUT2D eigenvalue weighted by molar-refractivity contribution is 8.14. The van der Waals surface area contributed by atoms with Crippen molar-refractivity contribution < 1.29 is 8.42 Å². The summed E-state index contributed by atoms with van der Waals surface area (Å²) in [4.78, 5) is 0. The molecule has 4 rings (SSSR count). The molecule has 4 heteroatoms. The summed E-state index contributed by atoms with van der Waals surface area (Å²) in [5.41, 5.74) is 0. The average molecular weight is 291 g/mol. The maximum atomic E-state index is 11.3. The second kappa shape index (κ2) is 4.66. The lowest BCUT2D eigenvalue weighted by Gasteiger charge is -2.54. The van der Waals surface area contributed by atoms with Crippen LogP contribution in [-0.4, -0.2) is 13.7 Å². The van der Waals surface area contributed by atoms with Gasteiger partial charge in [0.1, 0.15) is 0 Å². The van der Waals surface area contributed by atoms with Gasteiger partial charge in [-0.1, -0.05) is 0 Å². The fraction of sp³-hybridized carbons (Fsp3) is 1.00. The summed E-state index contributed by atoms with van der Waals surface area (Å²) >= 11 is 0. The van der Waals surface area contributed by atoms with Crippen molar-refractivity contribution in [1.82, 2.24) is 0 Å². The molecule has 104 valence electrons. The van der Waals surface area contributed by atoms with Gasteiger partial charge in [-0.2, -0.15) is 0 Å². The molecule has 0 aromatic rings. The fourth-order valence-corrected chi connectivity index (χ4v) is 5.76. The topological polar surface area (TPSA) is 34.1 Å². The van der Waals surface area contributed by atoms with Crippen LogP contribution in [0.1, 0.15) is 51.9 Å². The van der Waals surface area contributed by atoms with Crippen molar-refractivity contribution in [2.45, 2.75) is 57.1 Å². The zero-order valence-corrected chi connectivity index (χ0v) is 12.6. The zero-order valence-electron chi connectivity index (χ0n) is 11.0. The maximum Gasteiger partial charge on any atom is 0.235 e. The van der Waals surface area contributed by atoms with Crippen LogP contribution in [0, 0.1) is 29.6 Å². The molecule has 4 saturated carbocycles. The third-order valence-electron chi connectivity index (χ3n) is 5.81. The first kappa shape index (κ1) is 13.2. The summed E-state index contributed by atoms with van der Waals surface area (Å²) < 4.78 is 22.6. The Morgan fingerprint density at radius 2 is 1.56 bits per heavy atom. The first-order valence-electron chi connectivity index (χ1n) is 7.37. The molecule has 0 aromatic carbocycles. The van der Waals surface area contributed by atoms with Crippen molar-refractivity contribution in [1.29, 1.82) is 0 Å². The van der Waals surface area contributed by atoms with E-state index in [1.54, 1.807) is 6.92 Å². The summed E-state index contributed by atoms with van der Waals surface area (Å²) in [7, 11) is 2.07. The van der Waals surface area contributed by atoms with E-state index >= 15 is 0 Å². The Labute approximate surface area is 115 Å². The fourth-order valence-electron chi connectivity index (χ4n) is 5.08. The summed E-state index contributed by atoms with van der Waals surface area (Å²) in [6, 6.07) is 0. The van der Waals surface area contributed by atoms with E-state index in [9.17, 15) is 8.42 Å². The van der Waals surface area contributed by atoms with E-state index < -0.39 is 9.05 Å². The average Bonchev–Trinajstić information content (AvgIpc) is 2.25. The monoisotopic (exact) mass is 290 g/mol. The Morgan fingerprint density at radius 3 is 2.00 bits per heavy atom. The summed E-state index contributed by atoms with van der Waals surface area (Å²) in [6.07, 6.45) is 8.96. The lowest BCUT2D eigenvalue weighted by atomic mass is 9.51. The molecule has 2 nitrogen and oxygen atoms in total. The van der Waals surface area contributed by atoms with Crippen molar-refractivity contribution in [3.63, 3.8) is 0 Å². The summed E-state index contributed by atoms with van der Waals surface area (Å²) in [5, 5.41) is -0.378. The number of hydrogen-bond acceptors (Lipinski definition) is 2. The molecule has 0 aromatic heterocycles. The van der Waals surface area contributed by atoms with E-state index in [-0.39, 0.29) is 5.25 Å². The van der Waals surface area contributed by atoms with Crippen LogP contribution in [0.15, 0.2) is 0 Å². The summed E-state index contributed by atoms with van der Waals surface area (Å²) in [5.74, 6) is 4.58. The molecular weight excluding hydrogens is 268 g/mol. The predicted octanol–water partition coefficient (Wildman–Crippen LogP) is 3.80. The molecule has 0 aliphatic heterocycles. The van der Waals surface area contributed by atoms with Crippen LogP contribution in [0.3, 0.4) is 0 Å². The zero-order chi connectivity index (χ0) is 12.9. The van der Waals surface area contributed by atoms with E-state index in [0.717, 1.165) is 42.4 Å². The Hall–Kier alpha value is 0.240. The molecule has 1 unspecified atom stereocenters. The van der Waals surface area contributed by atoms with Crippen LogP contribution in [-0.2, 0) is 9.05 Å². The van der Waals surface area contributed by atoms with Crippen LogP contribution >= 0.6 is 10.7 Å². The third kappa shape index (κ3) is 2.45. The lowest BCUT2D eigenvalue weighted by Crippen LogP contribution is -2.45. The van der Waals surface area contributed by atoms with Gasteiger partial charge in [0, 0.05) is 10.7 Å². The van der Waals surface area contributed by atoms with Crippen LogP contribution < -0.4 is 0 Å². The normalized spacial score (nSPS) is 44.2. The van der Waals surface area contributed by atoms with Crippen molar-refractivity contribution in [3.8, 4) is 0 Å². The van der Waals surface area contributed by atoms with E-state index in [2.05, 4.69) is 0 Å². The van der Waals surface area contributed by atoms with Gasteiger partial charge in [0.2, 0.25) is 9.05 Å². The predicted molar refractivity (Wildman–Crippen MR) is 74.0 cm³/mol. The quantitative estimate of drug-likeness (QED) is 0.738. The highest BCUT2D eigenvalue weighted by Gasteiger charge is 2.47. The molecule has 4 aliphatic rings. The van der Waals surface area contributed by atoms with Crippen LogP contribution in [0.5, 0.6) is 0 Å². The first-order chi connectivity index (χ1) is 8.43. The molecule has 4 aliphatic carbocycles. The van der Waals surface area contributed by atoms with Gasteiger partial charge < -0.3 is 0 Å². The Morgan fingerprint density at radius 1 is 1.06 bits per heavy atom. The van der Waals surface area contributed by atoms with E-state index in [4.69, 9.17) is 10.7 Å². The standard InChI is InChI=1S/C14H23ClO2S/c1-9(18(15,16)17)2-3-14-12-5-10-4-11(7-12)8-13(14)6-10/h9-14H,2-8H2,1H3. The number of rotatable bonds is 4. The SMILES string of the molecule is CC(CCC1C2CC3CC(C2)CC1C3)S(=O)(=O)Cl.